The molecular weight excluding hydrogens is 249 g/mol. The molecule has 0 aliphatic heterocycles. The molecule has 5 nitrogen and oxygen atoms in total. The van der Waals surface area contributed by atoms with E-state index in [9.17, 15) is 13.2 Å². The normalized spacial score (nSPS) is 11.6. The van der Waals surface area contributed by atoms with E-state index in [0.29, 0.717) is 5.69 Å². The van der Waals surface area contributed by atoms with Crippen LogP contribution in [-0.4, -0.2) is 27.9 Å². The van der Waals surface area contributed by atoms with Gasteiger partial charge in [-0.15, -0.1) is 5.10 Å². The summed E-state index contributed by atoms with van der Waals surface area (Å²) in [4.78, 5) is 4.12. The molecule has 96 valence electrons. The minimum Gasteiger partial charge on any atom is -0.402 e. The predicted molar refractivity (Wildman–Crippen MR) is 56.8 cm³/mol. The third kappa shape index (κ3) is 3.19. The van der Waals surface area contributed by atoms with Gasteiger partial charge in [0.05, 0.1) is 0 Å². The molecule has 2 aromatic rings. The molecule has 0 fully saturated rings. The molecule has 0 aliphatic rings. The van der Waals surface area contributed by atoms with E-state index in [1.807, 2.05) is 5.32 Å². The van der Waals surface area contributed by atoms with Gasteiger partial charge >= 0.3 is 12.2 Å². The third-order valence-electron chi connectivity index (χ3n) is 1.97. The van der Waals surface area contributed by atoms with Crippen molar-refractivity contribution in [3.05, 3.63) is 23.9 Å². The van der Waals surface area contributed by atoms with E-state index >= 15 is 0 Å². The van der Waals surface area contributed by atoms with Crippen LogP contribution in [0.3, 0.4) is 0 Å². The van der Waals surface area contributed by atoms with E-state index in [1.165, 1.54) is 0 Å². The average molecular weight is 258 g/mol. The van der Waals surface area contributed by atoms with Gasteiger partial charge in [0.15, 0.2) is 0 Å². The SMILES string of the molecule is Cc1cccc(-c2nnc(NCC(F)(F)F)o2)n1. The van der Waals surface area contributed by atoms with Gasteiger partial charge in [0.1, 0.15) is 12.2 Å². The van der Waals surface area contributed by atoms with E-state index < -0.39 is 12.7 Å². The van der Waals surface area contributed by atoms with Crippen molar-refractivity contribution in [2.75, 3.05) is 11.9 Å². The summed E-state index contributed by atoms with van der Waals surface area (Å²) in [5.41, 5.74) is 1.16. The predicted octanol–water partition coefficient (Wildman–Crippen LogP) is 2.41. The summed E-state index contributed by atoms with van der Waals surface area (Å²) in [5, 5.41) is 9.07. The fourth-order valence-corrected chi connectivity index (χ4v) is 1.24. The molecular formula is C10H9F3N4O. The first kappa shape index (κ1) is 12.3. The van der Waals surface area contributed by atoms with E-state index in [1.54, 1.807) is 25.1 Å². The van der Waals surface area contributed by atoms with Crippen LogP contribution in [0.2, 0.25) is 0 Å². The second kappa shape index (κ2) is 4.63. The Labute approximate surface area is 100 Å². The van der Waals surface area contributed by atoms with Gasteiger partial charge in [-0.05, 0) is 19.1 Å². The quantitative estimate of drug-likeness (QED) is 0.915. The van der Waals surface area contributed by atoms with Crippen LogP contribution in [0.5, 0.6) is 0 Å². The van der Waals surface area contributed by atoms with Crippen LogP contribution in [0.15, 0.2) is 22.6 Å². The Balaban J connectivity index is 2.11. The van der Waals surface area contributed by atoms with E-state index in [4.69, 9.17) is 4.42 Å². The van der Waals surface area contributed by atoms with Crippen LogP contribution < -0.4 is 5.32 Å². The highest BCUT2D eigenvalue weighted by atomic mass is 19.4. The molecule has 2 aromatic heterocycles. The Morgan fingerprint density at radius 1 is 1.28 bits per heavy atom. The topological polar surface area (TPSA) is 63.8 Å². The fourth-order valence-electron chi connectivity index (χ4n) is 1.24. The highest BCUT2D eigenvalue weighted by Crippen LogP contribution is 2.19. The molecule has 0 radical (unpaired) electrons. The van der Waals surface area contributed by atoms with Crippen LogP contribution in [0.1, 0.15) is 5.69 Å². The molecule has 2 heterocycles. The van der Waals surface area contributed by atoms with Crippen molar-refractivity contribution in [2.24, 2.45) is 0 Å². The second-order valence-corrected chi connectivity index (χ2v) is 3.55. The first-order valence-corrected chi connectivity index (χ1v) is 5.02. The Kier molecular flexibility index (Phi) is 3.17. The lowest BCUT2D eigenvalue weighted by atomic mass is 10.3. The highest BCUT2D eigenvalue weighted by molar-refractivity contribution is 5.47. The van der Waals surface area contributed by atoms with Crippen molar-refractivity contribution in [1.29, 1.82) is 0 Å². The first-order valence-electron chi connectivity index (χ1n) is 5.02. The lowest BCUT2D eigenvalue weighted by molar-refractivity contribution is -0.115. The van der Waals surface area contributed by atoms with Gasteiger partial charge < -0.3 is 9.73 Å². The van der Waals surface area contributed by atoms with Crippen LogP contribution in [-0.2, 0) is 0 Å². The molecule has 0 unspecified atom stereocenters. The summed E-state index contributed by atoms with van der Waals surface area (Å²) in [5.74, 6) is 0.0726. The lowest BCUT2D eigenvalue weighted by Gasteiger charge is -2.04. The second-order valence-electron chi connectivity index (χ2n) is 3.55. The Morgan fingerprint density at radius 2 is 2.06 bits per heavy atom. The number of nitrogens with one attached hydrogen (secondary N) is 1. The minimum atomic E-state index is -4.34. The molecule has 0 atom stereocenters. The maximum Gasteiger partial charge on any atom is 0.405 e. The van der Waals surface area contributed by atoms with Gasteiger partial charge in [0.25, 0.3) is 5.89 Å². The Morgan fingerprint density at radius 3 is 2.72 bits per heavy atom. The number of hydrogen-bond donors (Lipinski definition) is 1. The molecule has 0 bridgehead atoms. The smallest absolute Gasteiger partial charge is 0.402 e. The largest absolute Gasteiger partial charge is 0.405 e. The molecule has 1 N–H and O–H groups in total. The molecule has 18 heavy (non-hydrogen) atoms. The number of aromatic nitrogens is 3. The minimum absolute atomic E-state index is 0.0726. The molecule has 2 rings (SSSR count). The number of halogens is 3. The zero-order valence-electron chi connectivity index (χ0n) is 9.32. The number of rotatable bonds is 3. The highest BCUT2D eigenvalue weighted by Gasteiger charge is 2.27. The van der Waals surface area contributed by atoms with Gasteiger partial charge in [0.2, 0.25) is 0 Å². The third-order valence-corrected chi connectivity index (χ3v) is 1.97. The van der Waals surface area contributed by atoms with Crippen LogP contribution >= 0.6 is 0 Å². The van der Waals surface area contributed by atoms with Gasteiger partial charge in [-0.3, -0.25) is 0 Å². The summed E-state index contributed by atoms with van der Waals surface area (Å²) in [6.07, 6.45) is -4.34. The molecule has 0 saturated carbocycles. The summed E-state index contributed by atoms with van der Waals surface area (Å²) >= 11 is 0. The standard InChI is InChI=1S/C10H9F3N4O/c1-6-3-2-4-7(15-6)8-16-17-9(18-8)14-5-10(11,12)13/h2-4H,5H2,1H3,(H,14,17). The van der Waals surface area contributed by atoms with Crippen molar-refractivity contribution < 1.29 is 17.6 Å². The van der Waals surface area contributed by atoms with E-state index in [2.05, 4.69) is 15.2 Å². The summed E-state index contributed by atoms with van der Waals surface area (Å²) < 4.78 is 40.9. The van der Waals surface area contributed by atoms with E-state index in [0.717, 1.165) is 5.69 Å². The molecule has 8 heteroatoms. The summed E-state index contributed by atoms with van der Waals surface area (Å²) in [6, 6.07) is 4.87. The number of pyridine rings is 1. The zero-order valence-corrected chi connectivity index (χ0v) is 9.32. The van der Waals surface area contributed by atoms with Gasteiger partial charge in [-0.25, -0.2) is 4.98 Å². The van der Waals surface area contributed by atoms with Crippen molar-refractivity contribution in [3.63, 3.8) is 0 Å². The Hall–Kier alpha value is -2.12. The maximum atomic E-state index is 12.0. The van der Waals surface area contributed by atoms with Crippen molar-refractivity contribution in [2.45, 2.75) is 13.1 Å². The van der Waals surface area contributed by atoms with Gasteiger partial charge in [-0.1, -0.05) is 11.2 Å². The summed E-state index contributed by atoms with van der Waals surface area (Å²) in [6.45, 7) is 0.554. The lowest BCUT2D eigenvalue weighted by Crippen LogP contribution is -2.21. The average Bonchev–Trinajstić information content (AvgIpc) is 2.74. The number of nitrogens with zero attached hydrogens (tertiary/aromatic N) is 3. The maximum absolute atomic E-state index is 12.0. The van der Waals surface area contributed by atoms with Crippen molar-refractivity contribution in [3.8, 4) is 11.6 Å². The van der Waals surface area contributed by atoms with Crippen LogP contribution in [0, 0.1) is 6.92 Å². The molecule has 0 amide bonds. The molecule has 0 spiro atoms. The van der Waals surface area contributed by atoms with Crippen LogP contribution in [0.25, 0.3) is 11.6 Å². The first-order chi connectivity index (χ1) is 8.44. The van der Waals surface area contributed by atoms with E-state index in [-0.39, 0.29) is 11.9 Å². The fraction of sp³-hybridized carbons (Fsp3) is 0.300. The molecule has 0 saturated heterocycles. The zero-order chi connectivity index (χ0) is 13.2. The monoisotopic (exact) mass is 258 g/mol. The molecule has 0 aromatic carbocycles. The van der Waals surface area contributed by atoms with Gasteiger partial charge in [0, 0.05) is 5.69 Å². The van der Waals surface area contributed by atoms with Crippen molar-refractivity contribution in [1.82, 2.24) is 15.2 Å². The van der Waals surface area contributed by atoms with Crippen LogP contribution in [0.4, 0.5) is 19.2 Å². The number of alkyl halides is 3. The molecule has 0 aliphatic carbocycles. The number of anilines is 1. The number of aryl methyl sites for hydroxylation is 1. The summed E-state index contributed by atoms with van der Waals surface area (Å²) in [7, 11) is 0. The van der Waals surface area contributed by atoms with Crippen molar-refractivity contribution >= 4 is 6.01 Å². The Bertz CT molecular complexity index is 538. The van der Waals surface area contributed by atoms with Gasteiger partial charge in [-0.2, -0.15) is 13.2 Å². The number of hydrogen-bond acceptors (Lipinski definition) is 5.